The van der Waals surface area contributed by atoms with Crippen molar-refractivity contribution in [1.82, 2.24) is 0 Å². The first-order valence-corrected chi connectivity index (χ1v) is 5.78. The molecule has 1 aromatic rings. The highest BCUT2D eigenvalue weighted by atomic mass is 15.1. The predicted octanol–water partition coefficient (Wildman–Crippen LogP) is 1.01. The minimum Gasteiger partial charge on any atom is -0.335 e. The van der Waals surface area contributed by atoms with Crippen molar-refractivity contribution >= 4 is 0 Å². The zero-order chi connectivity index (χ0) is 9.43. The van der Waals surface area contributed by atoms with Crippen LogP contribution in [0.25, 0.3) is 0 Å². The van der Waals surface area contributed by atoms with Crippen LogP contribution in [0.15, 0.2) is 30.3 Å². The van der Waals surface area contributed by atoms with Crippen molar-refractivity contribution in [3.8, 4) is 0 Å². The van der Waals surface area contributed by atoms with E-state index in [2.05, 4.69) is 30.3 Å². The molecule has 3 aliphatic rings. The zero-order valence-electron chi connectivity index (χ0n) is 8.63. The molecule has 14 heavy (non-hydrogen) atoms. The molecule has 3 fully saturated rings. The Bertz CT molecular complexity index is 295. The maximum absolute atomic E-state index is 2.33. The molecular weight excluding hydrogens is 170 g/mol. The van der Waals surface area contributed by atoms with Crippen LogP contribution in [0.4, 0.5) is 0 Å². The van der Waals surface area contributed by atoms with E-state index in [1.165, 1.54) is 38.9 Å². The summed E-state index contributed by atoms with van der Waals surface area (Å²) in [6, 6.07) is 11.2. The molecule has 0 unspecified atom stereocenters. The Morgan fingerprint density at radius 2 is 1.43 bits per heavy atom. The molecule has 0 radical (unpaired) electrons. The van der Waals surface area contributed by atoms with Gasteiger partial charge in [-0.15, -0.1) is 0 Å². The molecule has 1 aromatic carbocycles. The lowest BCUT2D eigenvalue weighted by molar-refractivity contribution is -0.917. The van der Waals surface area contributed by atoms with Crippen molar-refractivity contribution in [2.24, 2.45) is 0 Å². The molecular formula is C13H18N+. The number of quaternary nitrogens is 1. The van der Waals surface area contributed by atoms with Gasteiger partial charge in [-0.3, -0.25) is 0 Å². The Kier molecular flexibility index (Phi) is 1.88. The van der Waals surface area contributed by atoms with Crippen LogP contribution in [0.3, 0.4) is 0 Å². The molecule has 0 aliphatic carbocycles. The van der Waals surface area contributed by atoms with Gasteiger partial charge in [-0.1, -0.05) is 30.3 Å². The van der Waals surface area contributed by atoms with E-state index in [9.17, 15) is 0 Å². The first-order chi connectivity index (χ1) is 6.89. The van der Waals surface area contributed by atoms with Gasteiger partial charge in [0.25, 0.3) is 0 Å². The molecule has 4 rings (SSSR count). The topological polar surface area (TPSA) is 4.44 Å². The van der Waals surface area contributed by atoms with Crippen LogP contribution >= 0.6 is 0 Å². The second kappa shape index (κ2) is 3.09. The second-order valence-electron chi connectivity index (χ2n) is 4.90. The fraction of sp³-hybridized carbons (Fsp3) is 0.538. The van der Waals surface area contributed by atoms with E-state index in [-0.39, 0.29) is 0 Å². The third kappa shape index (κ3) is 1.19. The number of piperidine rings is 3. The highest BCUT2D eigenvalue weighted by molar-refractivity contribution is 5.26. The van der Waals surface area contributed by atoms with E-state index in [0.717, 1.165) is 0 Å². The molecule has 0 atom stereocenters. The molecule has 0 aromatic heterocycles. The van der Waals surface area contributed by atoms with E-state index < -0.39 is 0 Å². The van der Waals surface area contributed by atoms with Crippen molar-refractivity contribution in [3.63, 3.8) is 0 Å². The van der Waals surface area contributed by atoms with Crippen LogP contribution in [-0.4, -0.2) is 19.6 Å². The van der Waals surface area contributed by atoms with Crippen molar-refractivity contribution in [1.29, 1.82) is 0 Å². The summed E-state index contributed by atoms with van der Waals surface area (Å²) in [5.74, 6) is 0. The average molecular weight is 188 g/mol. The molecule has 1 N–H and O–H groups in total. The van der Waals surface area contributed by atoms with Gasteiger partial charge in [-0.2, -0.15) is 0 Å². The Morgan fingerprint density at radius 1 is 0.857 bits per heavy atom. The van der Waals surface area contributed by atoms with Crippen LogP contribution < -0.4 is 4.90 Å². The lowest BCUT2D eigenvalue weighted by Gasteiger charge is -2.46. The van der Waals surface area contributed by atoms with Gasteiger partial charge >= 0.3 is 0 Å². The quantitative estimate of drug-likeness (QED) is 0.671. The number of rotatable bonds is 1. The number of hydrogen-bond donors (Lipinski definition) is 1. The minimum absolute atomic E-state index is 0.559. The summed E-state index contributed by atoms with van der Waals surface area (Å²) in [4.78, 5) is 1.84. The van der Waals surface area contributed by atoms with Crippen LogP contribution in [0, 0.1) is 0 Å². The largest absolute Gasteiger partial charge is 0.335 e. The third-order valence-electron chi connectivity index (χ3n) is 4.26. The Hall–Kier alpha value is -0.820. The van der Waals surface area contributed by atoms with E-state index in [1.54, 1.807) is 5.56 Å². The first kappa shape index (κ1) is 8.49. The summed E-state index contributed by atoms with van der Waals surface area (Å²) in [5, 5.41) is 0. The van der Waals surface area contributed by atoms with Gasteiger partial charge in [0, 0.05) is 24.7 Å². The molecule has 0 saturated carbocycles. The monoisotopic (exact) mass is 188 g/mol. The van der Waals surface area contributed by atoms with E-state index >= 15 is 0 Å². The predicted molar refractivity (Wildman–Crippen MR) is 57.5 cm³/mol. The van der Waals surface area contributed by atoms with Crippen molar-refractivity contribution in [2.75, 3.05) is 19.6 Å². The molecule has 0 amide bonds. The van der Waals surface area contributed by atoms with Crippen molar-refractivity contribution in [2.45, 2.75) is 24.7 Å². The summed E-state index contributed by atoms with van der Waals surface area (Å²) >= 11 is 0. The SMILES string of the molecule is c1ccc(C23CC[NH+](CC2)CC3)cc1. The van der Waals surface area contributed by atoms with Crippen molar-refractivity contribution in [3.05, 3.63) is 35.9 Å². The van der Waals surface area contributed by atoms with E-state index in [0.29, 0.717) is 5.41 Å². The third-order valence-corrected chi connectivity index (χ3v) is 4.26. The second-order valence-corrected chi connectivity index (χ2v) is 4.90. The van der Waals surface area contributed by atoms with Crippen LogP contribution in [0.1, 0.15) is 24.8 Å². The van der Waals surface area contributed by atoms with Crippen LogP contribution in [-0.2, 0) is 5.41 Å². The standard InChI is InChI=1S/C13H17N/c1-2-4-12(5-3-1)13-6-9-14(10-7-13)11-8-13/h1-5H,6-11H2/p+1. The van der Waals surface area contributed by atoms with E-state index in [4.69, 9.17) is 0 Å². The molecule has 2 bridgehead atoms. The minimum atomic E-state index is 0.559. The lowest BCUT2D eigenvalue weighted by atomic mass is 9.67. The smallest absolute Gasteiger partial charge is 0.0779 e. The maximum atomic E-state index is 2.33. The van der Waals surface area contributed by atoms with Gasteiger partial charge in [0.15, 0.2) is 0 Å². The number of benzene rings is 1. The fourth-order valence-corrected chi connectivity index (χ4v) is 3.22. The zero-order valence-corrected chi connectivity index (χ0v) is 8.63. The molecule has 1 nitrogen and oxygen atoms in total. The Balaban J connectivity index is 1.96. The summed E-state index contributed by atoms with van der Waals surface area (Å²) in [5.41, 5.74) is 2.15. The van der Waals surface area contributed by atoms with Gasteiger partial charge in [0.05, 0.1) is 19.6 Å². The molecule has 74 valence electrons. The first-order valence-electron chi connectivity index (χ1n) is 5.78. The summed E-state index contributed by atoms with van der Waals surface area (Å²) in [6.45, 7) is 4.19. The fourth-order valence-electron chi connectivity index (χ4n) is 3.22. The highest BCUT2D eigenvalue weighted by Gasteiger charge is 2.42. The lowest BCUT2D eigenvalue weighted by Crippen LogP contribution is -3.15. The Labute approximate surface area is 85.7 Å². The van der Waals surface area contributed by atoms with Crippen molar-refractivity contribution < 1.29 is 4.90 Å². The number of fused-ring (bicyclic) bond motifs is 3. The van der Waals surface area contributed by atoms with Crippen LogP contribution in [0.5, 0.6) is 0 Å². The van der Waals surface area contributed by atoms with Gasteiger partial charge in [0.2, 0.25) is 0 Å². The molecule has 1 heteroatoms. The van der Waals surface area contributed by atoms with Gasteiger partial charge in [-0.25, -0.2) is 0 Å². The number of nitrogens with one attached hydrogen (secondary N) is 1. The summed E-state index contributed by atoms with van der Waals surface area (Å²) in [6.07, 6.45) is 4.23. The maximum Gasteiger partial charge on any atom is 0.0779 e. The van der Waals surface area contributed by atoms with Gasteiger partial charge in [-0.05, 0) is 5.56 Å². The average Bonchev–Trinajstić information content (AvgIpc) is 2.33. The Morgan fingerprint density at radius 3 is 2.00 bits per heavy atom. The van der Waals surface area contributed by atoms with Gasteiger partial charge in [0.1, 0.15) is 0 Å². The normalized spacial score (nSPS) is 35.9. The van der Waals surface area contributed by atoms with Gasteiger partial charge < -0.3 is 4.90 Å². The highest BCUT2D eigenvalue weighted by Crippen LogP contribution is 2.37. The van der Waals surface area contributed by atoms with Crippen LogP contribution in [0.2, 0.25) is 0 Å². The molecule has 3 saturated heterocycles. The number of hydrogen-bond acceptors (Lipinski definition) is 0. The molecule has 3 aliphatic heterocycles. The molecule has 3 heterocycles. The summed E-state index contributed by atoms with van der Waals surface area (Å²) < 4.78 is 0. The van der Waals surface area contributed by atoms with E-state index in [1.807, 2.05) is 4.90 Å². The summed E-state index contributed by atoms with van der Waals surface area (Å²) in [7, 11) is 0. The molecule has 0 spiro atoms.